The molecule has 1 unspecified atom stereocenters. The normalized spacial score (nSPS) is 15.7. The Bertz CT molecular complexity index is 986. The van der Waals surface area contributed by atoms with Crippen LogP contribution in [0.4, 0.5) is 9.18 Å². The number of para-hydroxylation sites is 1. The molecule has 1 aromatic heterocycles. The fraction of sp³-hybridized carbons (Fsp3) is 0.538. The second-order valence-electron chi connectivity index (χ2n) is 10.2. The molecule has 186 valence electrons. The van der Waals surface area contributed by atoms with E-state index in [1.165, 1.54) is 10.9 Å². The molecule has 0 saturated heterocycles. The summed E-state index contributed by atoms with van der Waals surface area (Å²) in [4.78, 5) is 31.1. The lowest BCUT2D eigenvalue weighted by Crippen LogP contribution is -2.53. The van der Waals surface area contributed by atoms with Gasteiger partial charge in [-0.1, -0.05) is 26.0 Å². The molecule has 0 radical (unpaired) electrons. The molecule has 1 N–H and O–H groups in total. The second-order valence-corrected chi connectivity index (χ2v) is 11.2. The summed E-state index contributed by atoms with van der Waals surface area (Å²) in [6.07, 6.45) is 1.56. The molecule has 0 spiro atoms. The maximum absolute atomic E-state index is 14.1. The number of nitrogens with one attached hydrogen (secondary N) is 1. The molecule has 1 aliphatic heterocycles. The topological polar surface area (TPSA) is 61.9 Å². The standard InChI is InChI=1S/C26H36FN3O3S/c1-18(2)10-13-29(25(32)28-26(3,4)5)16-24(31)30-14-11-23-19(12-15-34-23)21(30)17-33-22-9-7-6-8-20(22)27/h6-9,12,15,18,21H,10-11,13-14,16-17H2,1-5H3,(H,28,32). The molecule has 0 aliphatic carbocycles. The van der Waals surface area contributed by atoms with Crippen molar-refractivity contribution in [1.82, 2.24) is 15.1 Å². The third-order valence-corrected chi connectivity index (χ3v) is 6.72. The van der Waals surface area contributed by atoms with Gasteiger partial charge in [0, 0.05) is 23.5 Å². The third-order valence-electron chi connectivity index (χ3n) is 5.72. The van der Waals surface area contributed by atoms with Gasteiger partial charge in [0.25, 0.3) is 0 Å². The predicted molar refractivity (Wildman–Crippen MR) is 134 cm³/mol. The van der Waals surface area contributed by atoms with E-state index in [1.54, 1.807) is 39.3 Å². The van der Waals surface area contributed by atoms with Gasteiger partial charge in [-0.15, -0.1) is 11.3 Å². The van der Waals surface area contributed by atoms with E-state index in [-0.39, 0.29) is 36.9 Å². The first-order valence-corrected chi connectivity index (χ1v) is 12.7. The van der Waals surface area contributed by atoms with Crippen molar-refractivity contribution in [3.05, 3.63) is 52.0 Å². The summed E-state index contributed by atoms with van der Waals surface area (Å²) in [6, 6.07) is 7.72. The Morgan fingerprint density at radius 1 is 1.26 bits per heavy atom. The Hall–Kier alpha value is -2.61. The number of amides is 3. The first-order valence-electron chi connectivity index (χ1n) is 11.9. The number of thiophene rings is 1. The van der Waals surface area contributed by atoms with Gasteiger partial charge in [0.2, 0.25) is 5.91 Å². The summed E-state index contributed by atoms with van der Waals surface area (Å²) in [7, 11) is 0. The van der Waals surface area contributed by atoms with Crippen molar-refractivity contribution < 1.29 is 18.7 Å². The fourth-order valence-electron chi connectivity index (χ4n) is 3.93. The summed E-state index contributed by atoms with van der Waals surface area (Å²) < 4.78 is 19.9. The molecule has 6 nitrogen and oxygen atoms in total. The number of hydrogen-bond acceptors (Lipinski definition) is 4. The van der Waals surface area contributed by atoms with Crippen LogP contribution < -0.4 is 10.1 Å². The molecule has 1 aliphatic rings. The van der Waals surface area contributed by atoms with Crippen LogP contribution in [0.2, 0.25) is 0 Å². The van der Waals surface area contributed by atoms with Crippen molar-refractivity contribution in [1.29, 1.82) is 0 Å². The number of halogens is 1. The lowest BCUT2D eigenvalue weighted by Gasteiger charge is -2.37. The smallest absolute Gasteiger partial charge is 0.318 e. The third kappa shape index (κ3) is 6.95. The molecular weight excluding hydrogens is 453 g/mol. The number of urea groups is 1. The highest BCUT2D eigenvalue weighted by Gasteiger charge is 2.34. The summed E-state index contributed by atoms with van der Waals surface area (Å²) >= 11 is 1.66. The Balaban J connectivity index is 1.77. The van der Waals surface area contributed by atoms with Crippen molar-refractivity contribution >= 4 is 23.3 Å². The van der Waals surface area contributed by atoms with Gasteiger partial charge in [0.1, 0.15) is 13.2 Å². The van der Waals surface area contributed by atoms with Crippen LogP contribution in [0.5, 0.6) is 5.75 Å². The summed E-state index contributed by atoms with van der Waals surface area (Å²) in [5.74, 6) is 0.0120. The quantitative estimate of drug-likeness (QED) is 0.551. The Kier molecular flexibility index (Phi) is 8.57. The minimum Gasteiger partial charge on any atom is -0.488 e. The van der Waals surface area contributed by atoms with Crippen LogP contribution in [0.1, 0.15) is 57.5 Å². The van der Waals surface area contributed by atoms with Gasteiger partial charge in [-0.3, -0.25) is 4.79 Å². The zero-order chi connectivity index (χ0) is 24.9. The van der Waals surface area contributed by atoms with Gasteiger partial charge in [0.15, 0.2) is 11.6 Å². The van der Waals surface area contributed by atoms with Crippen molar-refractivity contribution in [3.63, 3.8) is 0 Å². The molecule has 3 rings (SSSR count). The van der Waals surface area contributed by atoms with Crippen LogP contribution in [0, 0.1) is 11.7 Å². The number of ether oxygens (including phenoxy) is 1. The number of rotatable bonds is 8. The zero-order valence-corrected chi connectivity index (χ0v) is 21.6. The van der Waals surface area contributed by atoms with Gasteiger partial charge in [0.05, 0.1) is 6.04 Å². The molecule has 8 heteroatoms. The van der Waals surface area contributed by atoms with Crippen LogP contribution in [-0.4, -0.2) is 53.5 Å². The Labute approximate surface area is 206 Å². The maximum atomic E-state index is 14.1. The average molecular weight is 490 g/mol. The number of benzene rings is 1. The van der Waals surface area contributed by atoms with Crippen molar-refractivity contribution in [2.45, 2.75) is 59.0 Å². The van der Waals surface area contributed by atoms with Crippen LogP contribution >= 0.6 is 11.3 Å². The van der Waals surface area contributed by atoms with E-state index in [9.17, 15) is 14.0 Å². The maximum Gasteiger partial charge on any atom is 0.318 e. The molecule has 2 aromatic rings. The summed E-state index contributed by atoms with van der Waals surface area (Å²) in [5, 5.41) is 4.99. The summed E-state index contributed by atoms with van der Waals surface area (Å²) in [5.41, 5.74) is 0.636. The van der Waals surface area contributed by atoms with E-state index in [2.05, 4.69) is 19.2 Å². The van der Waals surface area contributed by atoms with Gasteiger partial charge in [-0.25, -0.2) is 9.18 Å². The molecule has 1 atom stereocenters. The predicted octanol–water partition coefficient (Wildman–Crippen LogP) is 5.25. The van der Waals surface area contributed by atoms with E-state index in [4.69, 9.17) is 4.74 Å². The lowest BCUT2D eigenvalue weighted by atomic mass is 10.0. The number of nitrogens with zero attached hydrogens (tertiary/aromatic N) is 2. The molecule has 1 aromatic carbocycles. The first-order chi connectivity index (χ1) is 16.0. The fourth-order valence-corrected chi connectivity index (χ4v) is 4.85. The Morgan fingerprint density at radius 2 is 2.00 bits per heavy atom. The monoisotopic (exact) mass is 489 g/mol. The first kappa shape index (κ1) is 26.0. The molecule has 0 bridgehead atoms. The number of hydrogen-bond donors (Lipinski definition) is 1. The largest absolute Gasteiger partial charge is 0.488 e. The Morgan fingerprint density at radius 3 is 2.68 bits per heavy atom. The molecule has 0 fully saturated rings. The van der Waals surface area contributed by atoms with Crippen LogP contribution in [0.25, 0.3) is 0 Å². The van der Waals surface area contributed by atoms with Crippen molar-refractivity contribution in [2.24, 2.45) is 5.92 Å². The minimum atomic E-state index is -0.430. The van der Waals surface area contributed by atoms with Gasteiger partial charge in [-0.2, -0.15) is 0 Å². The van der Waals surface area contributed by atoms with Gasteiger partial charge < -0.3 is 19.9 Å². The highest BCUT2D eigenvalue weighted by atomic mass is 32.1. The molecule has 0 saturated carbocycles. The van der Waals surface area contributed by atoms with Crippen LogP contribution in [-0.2, 0) is 11.2 Å². The van der Waals surface area contributed by atoms with E-state index in [0.717, 1.165) is 18.4 Å². The molecule has 3 amide bonds. The van der Waals surface area contributed by atoms with Gasteiger partial charge >= 0.3 is 6.03 Å². The van der Waals surface area contributed by atoms with Crippen molar-refractivity contribution in [3.8, 4) is 5.75 Å². The highest BCUT2D eigenvalue weighted by Crippen LogP contribution is 2.34. The minimum absolute atomic E-state index is 0.00962. The van der Waals surface area contributed by atoms with Crippen molar-refractivity contribution in [2.75, 3.05) is 26.2 Å². The second kappa shape index (κ2) is 11.2. The number of carbonyl (C=O) groups excluding carboxylic acids is 2. The molecule has 2 heterocycles. The average Bonchev–Trinajstić information content (AvgIpc) is 3.23. The van der Waals surface area contributed by atoms with E-state index in [0.29, 0.717) is 19.0 Å². The summed E-state index contributed by atoms with van der Waals surface area (Å²) in [6.45, 7) is 11.1. The molecule has 34 heavy (non-hydrogen) atoms. The van der Waals surface area contributed by atoms with Crippen LogP contribution in [0.15, 0.2) is 35.7 Å². The van der Waals surface area contributed by atoms with E-state index in [1.807, 2.05) is 32.2 Å². The highest BCUT2D eigenvalue weighted by molar-refractivity contribution is 7.10. The lowest BCUT2D eigenvalue weighted by molar-refractivity contribution is -0.135. The SMILES string of the molecule is CC(C)CCN(CC(=O)N1CCc2sccc2C1COc1ccccc1F)C(=O)NC(C)(C)C. The number of fused-ring (bicyclic) bond motifs is 1. The van der Waals surface area contributed by atoms with Crippen LogP contribution in [0.3, 0.4) is 0 Å². The van der Waals surface area contributed by atoms with E-state index >= 15 is 0 Å². The molecular formula is C26H36FN3O3S. The van der Waals surface area contributed by atoms with E-state index < -0.39 is 11.4 Å². The number of carbonyl (C=O) groups is 2. The van der Waals surface area contributed by atoms with Gasteiger partial charge in [-0.05, 0) is 68.7 Å². The zero-order valence-electron chi connectivity index (χ0n) is 20.8.